The number of nitrogens with two attached hydrogens (primary N) is 1. The van der Waals surface area contributed by atoms with Crippen molar-refractivity contribution in [2.75, 3.05) is 6.54 Å². The molecule has 2 aromatic carbocycles. The molecule has 0 aliphatic carbocycles. The molecule has 156 valence electrons. The Bertz CT molecular complexity index is 1170. The Morgan fingerprint density at radius 2 is 1.73 bits per heavy atom. The number of carbonyl (C=O) groups excluding carboxylic acids is 1. The molecule has 0 radical (unpaired) electrons. The topological polar surface area (TPSA) is 129 Å². The van der Waals surface area contributed by atoms with Gasteiger partial charge in [-0.05, 0) is 29.7 Å². The van der Waals surface area contributed by atoms with Crippen LogP contribution in [0.5, 0.6) is 5.75 Å². The number of nitrogens with one attached hydrogen (secondary N) is 1. The second-order valence-corrected chi connectivity index (χ2v) is 8.00. The Morgan fingerprint density at radius 1 is 1.03 bits per heavy atom. The van der Waals surface area contributed by atoms with E-state index >= 15 is 0 Å². The molecular formula is C21H20N2O6S. The van der Waals surface area contributed by atoms with Gasteiger partial charge < -0.3 is 14.5 Å². The lowest BCUT2D eigenvalue weighted by molar-refractivity contribution is 0.0923. The smallest absolute Gasteiger partial charge is 0.287 e. The van der Waals surface area contributed by atoms with Gasteiger partial charge in [0.05, 0.1) is 4.90 Å². The van der Waals surface area contributed by atoms with Crippen molar-refractivity contribution in [3.63, 3.8) is 0 Å². The Labute approximate surface area is 173 Å². The summed E-state index contributed by atoms with van der Waals surface area (Å²) in [6.45, 7) is 0.477. The van der Waals surface area contributed by atoms with E-state index in [0.29, 0.717) is 6.42 Å². The third-order valence-electron chi connectivity index (χ3n) is 4.21. The molecule has 0 bridgehead atoms. The number of sulfonamides is 1. The highest BCUT2D eigenvalue weighted by molar-refractivity contribution is 7.89. The zero-order valence-electron chi connectivity index (χ0n) is 15.9. The van der Waals surface area contributed by atoms with Gasteiger partial charge in [-0.25, -0.2) is 13.6 Å². The second-order valence-electron chi connectivity index (χ2n) is 6.44. The van der Waals surface area contributed by atoms with Crippen LogP contribution >= 0.6 is 0 Å². The molecular weight excluding hydrogens is 408 g/mol. The molecule has 0 atom stereocenters. The minimum absolute atomic E-state index is 0.0188. The molecule has 0 saturated heterocycles. The van der Waals surface area contributed by atoms with Crippen LogP contribution in [0.2, 0.25) is 0 Å². The minimum Gasteiger partial charge on any atom is -0.482 e. The zero-order chi connectivity index (χ0) is 21.6. The van der Waals surface area contributed by atoms with Crippen molar-refractivity contribution in [1.82, 2.24) is 5.32 Å². The van der Waals surface area contributed by atoms with Crippen LogP contribution in [0.4, 0.5) is 0 Å². The van der Waals surface area contributed by atoms with E-state index in [4.69, 9.17) is 14.3 Å². The van der Waals surface area contributed by atoms with Crippen molar-refractivity contribution in [3.8, 4) is 5.75 Å². The Morgan fingerprint density at radius 3 is 2.37 bits per heavy atom. The molecule has 0 unspecified atom stereocenters. The second kappa shape index (κ2) is 9.38. The summed E-state index contributed by atoms with van der Waals surface area (Å²) in [5.41, 5.74) is 1.26. The van der Waals surface area contributed by atoms with Gasteiger partial charge in [-0.2, -0.15) is 0 Å². The van der Waals surface area contributed by atoms with Gasteiger partial charge in [0.25, 0.3) is 5.91 Å². The maximum Gasteiger partial charge on any atom is 0.287 e. The van der Waals surface area contributed by atoms with E-state index in [1.165, 1.54) is 12.1 Å². The number of hydrogen-bond donors (Lipinski definition) is 2. The first-order valence-electron chi connectivity index (χ1n) is 9.02. The highest BCUT2D eigenvalue weighted by Crippen LogP contribution is 2.10. The maximum absolute atomic E-state index is 12.2. The van der Waals surface area contributed by atoms with E-state index in [2.05, 4.69) is 5.32 Å². The summed E-state index contributed by atoms with van der Waals surface area (Å²) in [5.74, 6) is -0.648. The molecule has 8 nitrogen and oxygen atoms in total. The molecule has 0 aliphatic heterocycles. The Hall–Kier alpha value is -3.43. The lowest BCUT2D eigenvalue weighted by Crippen LogP contribution is -2.26. The minimum atomic E-state index is -3.74. The first kappa shape index (κ1) is 21.3. The molecule has 0 aliphatic rings. The summed E-state index contributed by atoms with van der Waals surface area (Å²) in [6, 6.07) is 16.5. The summed E-state index contributed by atoms with van der Waals surface area (Å²) in [4.78, 5) is 24.4. The molecule has 1 heterocycles. The maximum atomic E-state index is 12.2. The SMILES string of the molecule is NS(=O)(=O)c1ccc(CCNC(=O)c2cc(=O)c(OCc3ccccc3)co2)cc1. The van der Waals surface area contributed by atoms with Crippen LogP contribution in [-0.2, 0) is 23.1 Å². The normalized spacial score (nSPS) is 11.1. The van der Waals surface area contributed by atoms with Gasteiger partial charge >= 0.3 is 0 Å². The van der Waals surface area contributed by atoms with Crippen molar-refractivity contribution in [2.45, 2.75) is 17.9 Å². The van der Waals surface area contributed by atoms with Gasteiger partial charge in [0, 0.05) is 12.6 Å². The molecule has 0 spiro atoms. The molecule has 1 amide bonds. The van der Waals surface area contributed by atoms with Crippen molar-refractivity contribution in [1.29, 1.82) is 0 Å². The van der Waals surface area contributed by atoms with Crippen molar-refractivity contribution < 1.29 is 22.4 Å². The van der Waals surface area contributed by atoms with E-state index in [9.17, 15) is 18.0 Å². The zero-order valence-corrected chi connectivity index (χ0v) is 16.7. The number of primary sulfonamides is 1. The summed E-state index contributed by atoms with van der Waals surface area (Å²) in [7, 11) is -3.74. The fourth-order valence-electron chi connectivity index (χ4n) is 2.61. The lowest BCUT2D eigenvalue weighted by atomic mass is 10.1. The predicted molar refractivity (Wildman–Crippen MR) is 110 cm³/mol. The highest BCUT2D eigenvalue weighted by Gasteiger charge is 2.12. The van der Waals surface area contributed by atoms with Gasteiger partial charge in [-0.1, -0.05) is 42.5 Å². The molecule has 30 heavy (non-hydrogen) atoms. The van der Waals surface area contributed by atoms with Crippen LogP contribution in [0.15, 0.2) is 81.0 Å². The van der Waals surface area contributed by atoms with Gasteiger partial charge in [0.2, 0.25) is 21.2 Å². The number of ether oxygens (including phenoxy) is 1. The van der Waals surface area contributed by atoms with Gasteiger partial charge in [-0.15, -0.1) is 0 Å². The quantitative estimate of drug-likeness (QED) is 0.563. The monoisotopic (exact) mass is 428 g/mol. The largest absolute Gasteiger partial charge is 0.482 e. The van der Waals surface area contributed by atoms with Crippen LogP contribution in [0.25, 0.3) is 0 Å². The number of rotatable bonds is 8. The van der Waals surface area contributed by atoms with Crippen LogP contribution in [0.1, 0.15) is 21.7 Å². The van der Waals surface area contributed by atoms with Crippen LogP contribution in [0, 0.1) is 0 Å². The standard InChI is InChI=1S/C21H20N2O6S/c22-30(26,27)17-8-6-15(7-9-17)10-11-23-21(25)19-12-18(24)20(14-29-19)28-13-16-4-2-1-3-5-16/h1-9,12,14H,10-11,13H2,(H,23,25)(H2,22,26,27). The molecule has 3 rings (SSSR count). The predicted octanol–water partition coefficient (Wildman–Crippen LogP) is 1.84. The average molecular weight is 428 g/mol. The molecule has 3 aromatic rings. The van der Waals surface area contributed by atoms with E-state index < -0.39 is 21.4 Å². The molecule has 1 aromatic heterocycles. The van der Waals surface area contributed by atoms with Crippen LogP contribution < -0.4 is 20.6 Å². The van der Waals surface area contributed by atoms with E-state index in [1.807, 2.05) is 30.3 Å². The Balaban J connectivity index is 1.53. The number of benzene rings is 2. The van der Waals surface area contributed by atoms with Crippen molar-refractivity contribution in [2.24, 2.45) is 5.14 Å². The molecule has 9 heteroatoms. The lowest BCUT2D eigenvalue weighted by Gasteiger charge is -2.07. The van der Waals surface area contributed by atoms with Crippen LogP contribution in [0.3, 0.4) is 0 Å². The number of hydrogen-bond acceptors (Lipinski definition) is 6. The third kappa shape index (κ3) is 5.79. The van der Waals surface area contributed by atoms with Crippen LogP contribution in [-0.4, -0.2) is 20.9 Å². The van der Waals surface area contributed by atoms with E-state index in [-0.39, 0.29) is 29.6 Å². The van der Waals surface area contributed by atoms with Gasteiger partial charge in [-0.3, -0.25) is 9.59 Å². The molecule has 0 fully saturated rings. The number of carbonyl (C=O) groups is 1. The highest BCUT2D eigenvalue weighted by atomic mass is 32.2. The van der Waals surface area contributed by atoms with Crippen molar-refractivity contribution in [3.05, 3.63) is 94.0 Å². The molecule has 3 N–H and O–H groups in total. The van der Waals surface area contributed by atoms with E-state index in [0.717, 1.165) is 23.5 Å². The van der Waals surface area contributed by atoms with Crippen molar-refractivity contribution >= 4 is 15.9 Å². The van der Waals surface area contributed by atoms with Gasteiger partial charge in [0.1, 0.15) is 12.9 Å². The average Bonchev–Trinajstić information content (AvgIpc) is 2.73. The first-order valence-corrected chi connectivity index (χ1v) is 10.6. The fraction of sp³-hybridized carbons (Fsp3) is 0.143. The summed E-state index contributed by atoms with van der Waals surface area (Å²) < 4.78 is 33.2. The summed E-state index contributed by atoms with van der Waals surface area (Å²) >= 11 is 0. The Kier molecular flexibility index (Phi) is 6.65. The van der Waals surface area contributed by atoms with Gasteiger partial charge in [0.15, 0.2) is 5.76 Å². The third-order valence-corrected chi connectivity index (χ3v) is 5.14. The molecule has 0 saturated carbocycles. The summed E-state index contributed by atoms with van der Waals surface area (Å²) in [6.07, 6.45) is 1.57. The summed E-state index contributed by atoms with van der Waals surface area (Å²) in [5, 5.41) is 7.69. The fourth-order valence-corrected chi connectivity index (χ4v) is 3.13. The van der Waals surface area contributed by atoms with E-state index in [1.54, 1.807) is 12.1 Å². The number of amides is 1. The first-order chi connectivity index (χ1) is 14.3.